The Balaban J connectivity index is 1.55. The first kappa shape index (κ1) is 17.5. The molecule has 126 valence electrons. The Morgan fingerprint density at radius 1 is 1.22 bits per heavy atom. The summed E-state index contributed by atoms with van der Waals surface area (Å²) in [6.45, 7) is 3.38. The van der Waals surface area contributed by atoms with E-state index in [1.165, 1.54) is 17.0 Å². The number of phenols is 2. The lowest BCUT2D eigenvalue weighted by atomic mass is 10.1. The molecule has 0 radical (unpaired) electrons. The molecule has 2 rings (SSSR count). The van der Waals surface area contributed by atoms with Crippen LogP contribution in [0, 0.1) is 0 Å². The predicted molar refractivity (Wildman–Crippen MR) is 93.9 cm³/mol. The molecule has 2 amide bonds. The van der Waals surface area contributed by atoms with Crippen molar-refractivity contribution in [2.24, 2.45) is 0 Å². The number of phenolic OH excluding ortho intramolecular Hbond substituents is 2. The highest BCUT2D eigenvalue weighted by atomic mass is 32.2. The summed E-state index contributed by atoms with van der Waals surface area (Å²) in [5, 5.41) is 25.0. The van der Waals surface area contributed by atoms with Gasteiger partial charge in [0.1, 0.15) is 0 Å². The number of carbonyl (C=O) groups is 1. The number of nitrogens with one attached hydrogen (secondary N) is 2. The van der Waals surface area contributed by atoms with E-state index in [0.717, 1.165) is 24.8 Å². The summed E-state index contributed by atoms with van der Waals surface area (Å²) in [5.41, 5.74) is 0.861. The molecule has 0 saturated heterocycles. The van der Waals surface area contributed by atoms with Crippen molar-refractivity contribution in [2.45, 2.75) is 37.9 Å². The van der Waals surface area contributed by atoms with Gasteiger partial charge in [0.15, 0.2) is 11.5 Å². The minimum atomic E-state index is -0.172. The molecular formula is C17H24N2O3S. The first-order valence-corrected chi connectivity index (χ1v) is 8.81. The summed E-state index contributed by atoms with van der Waals surface area (Å²) in [6, 6.07) is 4.50. The minimum Gasteiger partial charge on any atom is -0.504 e. The van der Waals surface area contributed by atoms with Crippen molar-refractivity contribution < 1.29 is 15.0 Å². The molecule has 1 heterocycles. The number of rotatable bonds is 7. The van der Waals surface area contributed by atoms with Gasteiger partial charge in [0.2, 0.25) is 0 Å². The van der Waals surface area contributed by atoms with E-state index in [1.807, 2.05) is 11.8 Å². The first-order chi connectivity index (χ1) is 11.0. The van der Waals surface area contributed by atoms with Crippen LogP contribution in [0.5, 0.6) is 11.5 Å². The molecule has 1 atom stereocenters. The summed E-state index contributed by atoms with van der Waals surface area (Å²) in [4.78, 5) is 13.1. The zero-order valence-electron chi connectivity index (χ0n) is 13.3. The van der Waals surface area contributed by atoms with Crippen LogP contribution in [0.3, 0.4) is 0 Å². The van der Waals surface area contributed by atoms with E-state index < -0.39 is 0 Å². The maximum Gasteiger partial charge on any atom is 0.314 e. The molecule has 1 aromatic carbocycles. The van der Waals surface area contributed by atoms with Crippen LogP contribution in [0.2, 0.25) is 0 Å². The predicted octanol–water partition coefficient (Wildman–Crippen LogP) is 3.13. The summed E-state index contributed by atoms with van der Waals surface area (Å²) in [7, 11) is 0. The molecule has 4 N–H and O–H groups in total. The Bertz CT molecular complexity index is 575. The number of carbonyl (C=O) groups excluding carboxylic acids is 1. The molecule has 5 nitrogen and oxygen atoms in total. The molecule has 1 aliphatic heterocycles. The molecule has 1 unspecified atom stereocenters. The third-order valence-corrected chi connectivity index (χ3v) is 4.92. The molecule has 0 bridgehead atoms. The van der Waals surface area contributed by atoms with E-state index in [-0.39, 0.29) is 17.5 Å². The molecule has 23 heavy (non-hydrogen) atoms. The number of hydrogen-bond donors (Lipinski definition) is 4. The van der Waals surface area contributed by atoms with Crippen LogP contribution in [0.1, 0.15) is 31.7 Å². The van der Waals surface area contributed by atoms with E-state index in [4.69, 9.17) is 0 Å². The number of benzene rings is 1. The number of thioether (sulfide) groups is 1. The Morgan fingerprint density at radius 3 is 2.70 bits per heavy atom. The van der Waals surface area contributed by atoms with Crippen molar-refractivity contribution in [3.05, 3.63) is 34.7 Å². The Kier molecular flexibility index (Phi) is 6.65. The summed E-state index contributed by atoms with van der Waals surface area (Å²) >= 11 is 1.93. The molecule has 0 aliphatic carbocycles. The maximum absolute atomic E-state index is 11.7. The molecule has 0 fully saturated rings. The van der Waals surface area contributed by atoms with Crippen molar-refractivity contribution in [1.29, 1.82) is 0 Å². The zero-order chi connectivity index (χ0) is 16.7. The molecule has 1 aromatic rings. The second kappa shape index (κ2) is 8.72. The average Bonchev–Trinajstić information content (AvgIpc) is 2.93. The summed E-state index contributed by atoms with van der Waals surface area (Å²) in [6.07, 6.45) is 6.03. The Hall–Kier alpha value is -1.82. The monoisotopic (exact) mass is 336 g/mol. The molecule has 6 heteroatoms. The highest BCUT2D eigenvalue weighted by molar-refractivity contribution is 8.03. The second-order valence-electron chi connectivity index (χ2n) is 5.69. The van der Waals surface area contributed by atoms with Gasteiger partial charge in [-0.2, -0.15) is 0 Å². The van der Waals surface area contributed by atoms with E-state index in [0.29, 0.717) is 24.8 Å². The highest BCUT2D eigenvalue weighted by Gasteiger charge is 2.12. The van der Waals surface area contributed by atoms with Crippen LogP contribution in [0.15, 0.2) is 29.2 Å². The average molecular weight is 336 g/mol. The van der Waals surface area contributed by atoms with Crippen molar-refractivity contribution in [3.8, 4) is 11.5 Å². The van der Waals surface area contributed by atoms with Crippen LogP contribution in [0.4, 0.5) is 4.79 Å². The van der Waals surface area contributed by atoms with Crippen LogP contribution >= 0.6 is 11.8 Å². The molecular weight excluding hydrogens is 312 g/mol. The van der Waals surface area contributed by atoms with Crippen LogP contribution in [0.25, 0.3) is 0 Å². The number of hydrogen-bond acceptors (Lipinski definition) is 4. The SMILES string of the molecule is CC1CC=C(CCCNC(=O)NCCc2ccc(O)c(O)c2)S1. The summed E-state index contributed by atoms with van der Waals surface area (Å²) < 4.78 is 0. The van der Waals surface area contributed by atoms with Gasteiger partial charge in [-0.25, -0.2) is 4.79 Å². The van der Waals surface area contributed by atoms with E-state index in [1.54, 1.807) is 6.07 Å². The van der Waals surface area contributed by atoms with Gasteiger partial charge < -0.3 is 20.8 Å². The third kappa shape index (κ3) is 6.06. The van der Waals surface area contributed by atoms with Gasteiger partial charge in [0, 0.05) is 18.3 Å². The zero-order valence-corrected chi connectivity index (χ0v) is 14.2. The molecule has 1 aliphatic rings. The largest absolute Gasteiger partial charge is 0.504 e. The molecule has 0 saturated carbocycles. The van der Waals surface area contributed by atoms with Crippen molar-refractivity contribution in [3.63, 3.8) is 0 Å². The second-order valence-corrected chi connectivity index (χ2v) is 7.26. The van der Waals surface area contributed by atoms with Crippen LogP contribution < -0.4 is 10.6 Å². The van der Waals surface area contributed by atoms with Crippen molar-refractivity contribution in [2.75, 3.05) is 13.1 Å². The van der Waals surface area contributed by atoms with E-state index in [9.17, 15) is 15.0 Å². The number of amides is 2. The van der Waals surface area contributed by atoms with Gasteiger partial charge in [0.05, 0.1) is 0 Å². The van der Waals surface area contributed by atoms with Crippen molar-refractivity contribution >= 4 is 17.8 Å². The maximum atomic E-state index is 11.7. The normalized spacial score (nSPS) is 16.9. The van der Waals surface area contributed by atoms with Gasteiger partial charge in [-0.15, -0.1) is 11.8 Å². The lowest BCUT2D eigenvalue weighted by Gasteiger charge is -2.08. The fourth-order valence-corrected chi connectivity index (χ4v) is 3.55. The lowest BCUT2D eigenvalue weighted by molar-refractivity contribution is 0.241. The third-order valence-electron chi connectivity index (χ3n) is 3.65. The highest BCUT2D eigenvalue weighted by Crippen LogP contribution is 2.34. The fraction of sp³-hybridized carbons (Fsp3) is 0.471. The number of urea groups is 1. The Morgan fingerprint density at radius 2 is 2.00 bits per heavy atom. The molecule has 0 aromatic heterocycles. The lowest BCUT2D eigenvalue weighted by Crippen LogP contribution is -2.37. The first-order valence-electron chi connectivity index (χ1n) is 7.93. The topological polar surface area (TPSA) is 81.6 Å². The molecule has 0 spiro atoms. The number of aromatic hydroxyl groups is 2. The van der Waals surface area contributed by atoms with Crippen LogP contribution in [-0.4, -0.2) is 34.6 Å². The fourth-order valence-electron chi connectivity index (χ4n) is 2.38. The Labute approximate surface area is 141 Å². The van der Waals surface area contributed by atoms with Gasteiger partial charge in [0.25, 0.3) is 0 Å². The van der Waals surface area contributed by atoms with Gasteiger partial charge >= 0.3 is 6.03 Å². The quantitative estimate of drug-likeness (QED) is 0.455. The van der Waals surface area contributed by atoms with Gasteiger partial charge in [-0.1, -0.05) is 19.1 Å². The standard InChI is InChI=1S/C17H24N2O3S/c1-12-4-6-14(23-12)3-2-9-18-17(22)19-10-8-13-5-7-15(20)16(21)11-13/h5-7,11-12,20-21H,2-4,8-10H2,1H3,(H2,18,19,22). The van der Waals surface area contributed by atoms with Crippen LogP contribution in [-0.2, 0) is 6.42 Å². The smallest absolute Gasteiger partial charge is 0.314 e. The van der Waals surface area contributed by atoms with E-state index >= 15 is 0 Å². The van der Waals surface area contributed by atoms with Crippen molar-refractivity contribution in [1.82, 2.24) is 10.6 Å². The van der Waals surface area contributed by atoms with E-state index in [2.05, 4.69) is 23.6 Å². The summed E-state index contributed by atoms with van der Waals surface area (Å²) in [5.74, 6) is -0.273. The van der Waals surface area contributed by atoms with Gasteiger partial charge in [-0.05, 0) is 48.3 Å². The number of allylic oxidation sites excluding steroid dienone is 2. The minimum absolute atomic E-state index is 0.135. The van der Waals surface area contributed by atoms with Gasteiger partial charge in [-0.3, -0.25) is 0 Å².